The molecule has 1 aliphatic heterocycles. The highest BCUT2D eigenvalue weighted by molar-refractivity contribution is 7.80. The molecule has 0 saturated carbocycles. The van der Waals surface area contributed by atoms with Gasteiger partial charge in [-0.2, -0.15) is 0 Å². The van der Waals surface area contributed by atoms with Crippen LogP contribution in [0.5, 0.6) is 0 Å². The normalized spacial score (nSPS) is 17.9. The van der Waals surface area contributed by atoms with Crippen molar-refractivity contribution in [1.29, 1.82) is 0 Å². The fourth-order valence-electron chi connectivity index (χ4n) is 4.64. The SMILES string of the molecule is Cc1cc([C@H]2[C@H](c3ccccn3)NC(=S)N2Cc2ccncc2)c(C)n1Cc1cccnc1. The standard InChI is InChI=1S/C26H26N6S/c1-18-14-22(19(2)31(18)17-21-6-5-10-28-15-21)25-24(23-7-3-4-11-29-23)30-26(33)32(25)16-20-8-12-27-13-9-20/h3-15,24-25H,16-17H2,1-2H3,(H,30,33)/t24-,25-/m0/s1. The zero-order valence-electron chi connectivity index (χ0n) is 18.7. The minimum atomic E-state index is -0.0344. The van der Waals surface area contributed by atoms with E-state index in [9.17, 15) is 0 Å². The van der Waals surface area contributed by atoms with Gasteiger partial charge in [0.2, 0.25) is 0 Å². The second kappa shape index (κ2) is 9.11. The van der Waals surface area contributed by atoms with Gasteiger partial charge in [-0.25, -0.2) is 0 Å². The van der Waals surface area contributed by atoms with Crippen LogP contribution in [0, 0.1) is 13.8 Å². The van der Waals surface area contributed by atoms with E-state index < -0.39 is 0 Å². The largest absolute Gasteiger partial charge is 0.352 e. The van der Waals surface area contributed by atoms with E-state index in [1.165, 1.54) is 28.1 Å². The highest BCUT2D eigenvalue weighted by Gasteiger charge is 2.41. The van der Waals surface area contributed by atoms with Crippen LogP contribution in [0.15, 0.2) is 79.5 Å². The van der Waals surface area contributed by atoms with Gasteiger partial charge in [0.25, 0.3) is 0 Å². The number of pyridine rings is 3. The Labute approximate surface area is 199 Å². The lowest BCUT2D eigenvalue weighted by molar-refractivity contribution is 0.309. The number of hydrogen-bond acceptors (Lipinski definition) is 4. The van der Waals surface area contributed by atoms with Gasteiger partial charge in [0.15, 0.2) is 5.11 Å². The van der Waals surface area contributed by atoms with Gasteiger partial charge < -0.3 is 14.8 Å². The van der Waals surface area contributed by atoms with Crippen LogP contribution in [-0.4, -0.2) is 29.5 Å². The monoisotopic (exact) mass is 454 g/mol. The van der Waals surface area contributed by atoms with Crippen LogP contribution in [0.4, 0.5) is 0 Å². The molecule has 1 N–H and O–H groups in total. The minimum Gasteiger partial charge on any atom is -0.352 e. The maximum absolute atomic E-state index is 5.84. The Hall–Kier alpha value is -3.58. The molecule has 4 aromatic heterocycles. The summed E-state index contributed by atoms with van der Waals surface area (Å²) in [4.78, 5) is 15.4. The number of nitrogens with zero attached hydrogens (tertiary/aromatic N) is 5. The van der Waals surface area contributed by atoms with Gasteiger partial charge in [0.1, 0.15) is 0 Å². The molecule has 0 bridgehead atoms. The first-order chi connectivity index (χ1) is 16.1. The van der Waals surface area contributed by atoms with E-state index in [0.717, 1.165) is 17.4 Å². The van der Waals surface area contributed by atoms with Crippen LogP contribution in [0.25, 0.3) is 0 Å². The number of aromatic nitrogens is 4. The summed E-state index contributed by atoms with van der Waals surface area (Å²) in [6.07, 6.45) is 9.23. The third-order valence-corrected chi connectivity index (χ3v) is 6.65. The zero-order valence-corrected chi connectivity index (χ0v) is 19.5. The molecule has 5 rings (SSSR count). The third-order valence-electron chi connectivity index (χ3n) is 6.29. The van der Waals surface area contributed by atoms with Crippen LogP contribution in [0.2, 0.25) is 0 Å². The van der Waals surface area contributed by atoms with Gasteiger partial charge in [0.05, 0.1) is 17.8 Å². The van der Waals surface area contributed by atoms with Crippen molar-refractivity contribution >= 4 is 17.3 Å². The highest BCUT2D eigenvalue weighted by atomic mass is 32.1. The van der Waals surface area contributed by atoms with Crippen molar-refractivity contribution in [1.82, 2.24) is 29.7 Å². The summed E-state index contributed by atoms with van der Waals surface area (Å²) in [7, 11) is 0. The highest BCUT2D eigenvalue weighted by Crippen LogP contribution is 2.41. The Kier molecular flexibility index (Phi) is 5.88. The van der Waals surface area contributed by atoms with Crippen LogP contribution in [0.1, 0.15) is 45.9 Å². The van der Waals surface area contributed by atoms with Crippen LogP contribution >= 0.6 is 12.2 Å². The predicted molar refractivity (Wildman–Crippen MR) is 132 cm³/mol. The predicted octanol–water partition coefficient (Wildman–Crippen LogP) is 4.51. The second-order valence-electron chi connectivity index (χ2n) is 8.38. The fraction of sp³-hybridized carbons (Fsp3) is 0.231. The van der Waals surface area contributed by atoms with Crippen LogP contribution < -0.4 is 5.32 Å². The van der Waals surface area contributed by atoms with Gasteiger partial charge in [-0.15, -0.1) is 0 Å². The summed E-state index contributed by atoms with van der Waals surface area (Å²) in [6.45, 7) is 5.85. The van der Waals surface area contributed by atoms with Gasteiger partial charge >= 0.3 is 0 Å². The first-order valence-electron chi connectivity index (χ1n) is 11.0. The summed E-state index contributed by atoms with van der Waals surface area (Å²) in [6, 6.07) is 16.5. The number of nitrogens with one attached hydrogen (secondary N) is 1. The summed E-state index contributed by atoms with van der Waals surface area (Å²) in [5.41, 5.74) is 7.04. The molecule has 5 heterocycles. The van der Waals surface area contributed by atoms with Crippen molar-refractivity contribution < 1.29 is 0 Å². The molecule has 0 unspecified atom stereocenters. The molecule has 0 amide bonds. The van der Waals surface area contributed by atoms with Gasteiger partial charge in [-0.3, -0.25) is 15.0 Å². The summed E-state index contributed by atoms with van der Waals surface area (Å²) >= 11 is 5.84. The van der Waals surface area contributed by atoms with E-state index in [4.69, 9.17) is 12.2 Å². The number of aryl methyl sites for hydroxylation is 1. The molecular formula is C26H26N6S. The smallest absolute Gasteiger partial charge is 0.170 e. The Morgan fingerprint density at radius 2 is 1.76 bits per heavy atom. The average Bonchev–Trinajstić information content (AvgIpc) is 3.31. The van der Waals surface area contributed by atoms with E-state index in [-0.39, 0.29) is 12.1 Å². The molecule has 166 valence electrons. The van der Waals surface area contributed by atoms with E-state index in [0.29, 0.717) is 6.54 Å². The Morgan fingerprint density at radius 1 is 0.909 bits per heavy atom. The fourth-order valence-corrected chi connectivity index (χ4v) is 4.95. The molecule has 33 heavy (non-hydrogen) atoms. The molecule has 0 aliphatic carbocycles. The first kappa shape index (κ1) is 21.3. The van der Waals surface area contributed by atoms with Crippen molar-refractivity contribution in [2.24, 2.45) is 0 Å². The maximum atomic E-state index is 5.84. The Bertz CT molecular complexity index is 1240. The molecule has 0 aromatic carbocycles. The van der Waals surface area contributed by atoms with Gasteiger partial charge in [-0.05, 0) is 79.2 Å². The summed E-state index contributed by atoms with van der Waals surface area (Å²) in [5.74, 6) is 0. The van der Waals surface area contributed by atoms with Crippen molar-refractivity contribution in [3.8, 4) is 0 Å². The quantitative estimate of drug-likeness (QED) is 0.433. The number of hydrogen-bond donors (Lipinski definition) is 1. The summed E-state index contributed by atoms with van der Waals surface area (Å²) in [5, 5.41) is 4.30. The molecule has 1 fully saturated rings. The minimum absolute atomic E-state index is 0.0226. The molecule has 7 heteroatoms. The molecule has 4 aromatic rings. The average molecular weight is 455 g/mol. The lowest BCUT2D eigenvalue weighted by Crippen LogP contribution is -2.29. The molecule has 6 nitrogen and oxygen atoms in total. The summed E-state index contributed by atoms with van der Waals surface area (Å²) < 4.78 is 2.35. The van der Waals surface area contributed by atoms with Crippen molar-refractivity contribution in [3.05, 3.63) is 113 Å². The molecule has 2 atom stereocenters. The molecular weight excluding hydrogens is 428 g/mol. The van der Waals surface area contributed by atoms with Gasteiger partial charge in [0, 0.05) is 55.5 Å². The lowest BCUT2D eigenvalue weighted by atomic mass is 9.96. The topological polar surface area (TPSA) is 58.9 Å². The molecule has 1 aliphatic rings. The van der Waals surface area contributed by atoms with E-state index in [1.54, 1.807) is 0 Å². The lowest BCUT2D eigenvalue weighted by Gasteiger charge is -2.28. The van der Waals surface area contributed by atoms with E-state index in [2.05, 4.69) is 61.8 Å². The zero-order chi connectivity index (χ0) is 22.8. The number of thiocarbonyl (C=S) groups is 1. The van der Waals surface area contributed by atoms with Crippen LogP contribution in [0.3, 0.4) is 0 Å². The van der Waals surface area contributed by atoms with Crippen LogP contribution in [-0.2, 0) is 13.1 Å². The second-order valence-corrected chi connectivity index (χ2v) is 8.77. The Morgan fingerprint density at radius 3 is 2.48 bits per heavy atom. The first-order valence-corrected chi connectivity index (χ1v) is 11.4. The van der Waals surface area contributed by atoms with E-state index in [1.807, 2.05) is 61.3 Å². The molecule has 1 saturated heterocycles. The third kappa shape index (κ3) is 4.24. The van der Waals surface area contributed by atoms with Crippen molar-refractivity contribution in [3.63, 3.8) is 0 Å². The number of rotatable bonds is 6. The van der Waals surface area contributed by atoms with Gasteiger partial charge in [-0.1, -0.05) is 12.1 Å². The van der Waals surface area contributed by atoms with E-state index >= 15 is 0 Å². The van der Waals surface area contributed by atoms with Crippen molar-refractivity contribution in [2.45, 2.75) is 39.0 Å². The molecule has 0 radical (unpaired) electrons. The van der Waals surface area contributed by atoms with Crippen molar-refractivity contribution in [2.75, 3.05) is 0 Å². The maximum Gasteiger partial charge on any atom is 0.170 e. The Balaban J connectivity index is 1.56. The molecule has 0 spiro atoms.